The number of H-pyrrole nitrogens is 2. The number of fused-ring (bicyclic) bond motifs is 1. The quantitative estimate of drug-likeness (QED) is 0.409. The van der Waals surface area contributed by atoms with Crippen LogP contribution in [0.1, 0.15) is 25.8 Å². The van der Waals surface area contributed by atoms with Crippen LogP contribution < -0.4 is 11.2 Å². The van der Waals surface area contributed by atoms with Crippen molar-refractivity contribution >= 4 is 44.8 Å². The average molecular weight is 467 g/mol. The minimum Gasteiger partial charge on any atom is -0.465 e. The van der Waals surface area contributed by atoms with Gasteiger partial charge in [-0.3, -0.25) is 19.6 Å². The van der Waals surface area contributed by atoms with Crippen LogP contribution >= 0.6 is 27.7 Å². The first-order valence-corrected chi connectivity index (χ1v) is 10.4. The lowest BCUT2D eigenvalue weighted by Crippen LogP contribution is -2.23. The zero-order chi connectivity index (χ0) is 20.3. The molecule has 0 radical (unpaired) electrons. The molecule has 0 fully saturated rings. The second-order valence-electron chi connectivity index (χ2n) is 5.98. The maximum atomic E-state index is 12.4. The smallest absolute Gasteiger partial charge is 0.327 e. The Bertz CT molecular complexity index is 1120. The van der Waals surface area contributed by atoms with Crippen LogP contribution in [0.15, 0.2) is 43.5 Å². The number of aromatic amines is 2. The molecule has 0 spiro atoms. The molecule has 3 aromatic rings. The molecule has 1 atom stereocenters. The molecule has 3 rings (SSSR count). The highest BCUT2D eigenvalue weighted by Gasteiger charge is 2.24. The van der Waals surface area contributed by atoms with E-state index in [1.165, 1.54) is 11.8 Å². The third-order valence-electron chi connectivity index (χ3n) is 4.00. The van der Waals surface area contributed by atoms with Crippen molar-refractivity contribution in [1.29, 1.82) is 0 Å². The molecule has 0 aliphatic heterocycles. The Labute approximate surface area is 172 Å². The third-order valence-corrected chi connectivity index (χ3v) is 5.83. The zero-order valence-electron chi connectivity index (χ0n) is 15.3. The Kier molecular flexibility index (Phi) is 6.40. The number of nitrogens with zero attached hydrogens (tertiary/aromatic N) is 2. The van der Waals surface area contributed by atoms with Crippen LogP contribution in [-0.2, 0) is 16.1 Å². The number of imidazole rings is 1. The van der Waals surface area contributed by atoms with Gasteiger partial charge in [-0.1, -0.05) is 46.7 Å². The first kappa shape index (κ1) is 20.4. The molecule has 0 saturated carbocycles. The number of esters is 1. The van der Waals surface area contributed by atoms with Gasteiger partial charge in [-0.15, -0.1) is 0 Å². The number of carbonyl (C=O) groups is 1. The van der Waals surface area contributed by atoms with E-state index in [2.05, 4.69) is 30.9 Å². The molecule has 0 saturated heterocycles. The minimum atomic E-state index is -0.626. The van der Waals surface area contributed by atoms with Gasteiger partial charge in [-0.25, -0.2) is 9.78 Å². The van der Waals surface area contributed by atoms with Crippen molar-refractivity contribution in [3.8, 4) is 0 Å². The molecule has 0 aliphatic rings. The molecule has 1 unspecified atom stereocenters. The summed E-state index contributed by atoms with van der Waals surface area (Å²) >= 11 is 4.66. The molecule has 148 valence electrons. The van der Waals surface area contributed by atoms with Gasteiger partial charge in [-0.05, 0) is 31.0 Å². The Morgan fingerprint density at radius 2 is 2.11 bits per heavy atom. The van der Waals surface area contributed by atoms with E-state index in [1.54, 1.807) is 11.5 Å². The van der Waals surface area contributed by atoms with Crippen LogP contribution in [0.25, 0.3) is 11.2 Å². The van der Waals surface area contributed by atoms with Gasteiger partial charge < -0.3 is 9.30 Å². The summed E-state index contributed by atoms with van der Waals surface area (Å²) in [7, 11) is 0. The number of carbonyl (C=O) groups excluding carboxylic acids is 1. The van der Waals surface area contributed by atoms with E-state index in [0.29, 0.717) is 18.1 Å². The Hall–Kier alpha value is -2.33. The van der Waals surface area contributed by atoms with Gasteiger partial charge >= 0.3 is 11.7 Å². The van der Waals surface area contributed by atoms with Crippen molar-refractivity contribution in [3.05, 3.63) is 55.1 Å². The molecular weight excluding hydrogens is 448 g/mol. The maximum Gasteiger partial charge on any atom is 0.327 e. The molecule has 0 aliphatic carbocycles. The topological polar surface area (TPSA) is 110 Å². The molecule has 0 amide bonds. The summed E-state index contributed by atoms with van der Waals surface area (Å²) in [5.41, 5.74) is 0.215. The Balaban J connectivity index is 2.10. The van der Waals surface area contributed by atoms with Crippen molar-refractivity contribution in [2.75, 3.05) is 6.61 Å². The fraction of sp³-hybridized carbons (Fsp3) is 0.333. The Morgan fingerprint density at radius 3 is 2.79 bits per heavy atom. The number of hydrogen-bond donors (Lipinski definition) is 2. The third kappa shape index (κ3) is 4.39. The summed E-state index contributed by atoms with van der Waals surface area (Å²) in [5.74, 6) is -0.335. The second kappa shape index (κ2) is 8.78. The highest BCUT2D eigenvalue weighted by Crippen LogP contribution is 2.28. The Morgan fingerprint density at radius 1 is 1.32 bits per heavy atom. The maximum absolute atomic E-state index is 12.4. The molecule has 10 heteroatoms. The highest BCUT2D eigenvalue weighted by atomic mass is 79.9. The van der Waals surface area contributed by atoms with Crippen LogP contribution in [0.2, 0.25) is 0 Å². The number of rotatable bonds is 7. The molecule has 2 N–H and O–H groups in total. The summed E-state index contributed by atoms with van der Waals surface area (Å²) in [5, 5.41) is -0.00828. The largest absolute Gasteiger partial charge is 0.465 e. The normalized spacial score (nSPS) is 12.2. The van der Waals surface area contributed by atoms with Gasteiger partial charge in [0.05, 0.1) is 13.2 Å². The van der Waals surface area contributed by atoms with Crippen molar-refractivity contribution in [2.45, 2.75) is 37.2 Å². The first-order chi connectivity index (χ1) is 13.4. The monoisotopic (exact) mass is 466 g/mol. The van der Waals surface area contributed by atoms with Gasteiger partial charge in [0.15, 0.2) is 16.3 Å². The number of thioether (sulfide) groups is 1. The molecule has 2 heterocycles. The highest BCUT2D eigenvalue weighted by molar-refractivity contribution is 9.10. The van der Waals surface area contributed by atoms with Gasteiger partial charge in [0, 0.05) is 4.47 Å². The van der Waals surface area contributed by atoms with E-state index in [1.807, 2.05) is 31.2 Å². The van der Waals surface area contributed by atoms with E-state index in [0.717, 1.165) is 10.0 Å². The van der Waals surface area contributed by atoms with Gasteiger partial charge in [-0.2, -0.15) is 0 Å². The van der Waals surface area contributed by atoms with Crippen LogP contribution in [0, 0.1) is 0 Å². The van der Waals surface area contributed by atoms with Crippen molar-refractivity contribution in [1.82, 2.24) is 19.5 Å². The second-order valence-corrected chi connectivity index (χ2v) is 8.07. The average Bonchev–Trinajstić information content (AvgIpc) is 2.97. The van der Waals surface area contributed by atoms with E-state index in [9.17, 15) is 14.4 Å². The van der Waals surface area contributed by atoms with Crippen LogP contribution in [0.5, 0.6) is 0 Å². The molecule has 28 heavy (non-hydrogen) atoms. The van der Waals surface area contributed by atoms with Crippen molar-refractivity contribution in [2.24, 2.45) is 0 Å². The lowest BCUT2D eigenvalue weighted by atomic mass is 10.2. The fourth-order valence-electron chi connectivity index (χ4n) is 2.77. The van der Waals surface area contributed by atoms with Crippen LogP contribution in [-0.4, -0.2) is 37.3 Å². The summed E-state index contributed by atoms with van der Waals surface area (Å²) < 4.78 is 7.74. The fourth-order valence-corrected chi connectivity index (χ4v) is 4.23. The van der Waals surface area contributed by atoms with Gasteiger partial charge in [0.2, 0.25) is 0 Å². The number of aromatic nitrogens is 4. The molecule has 8 nitrogen and oxygen atoms in total. The van der Waals surface area contributed by atoms with Crippen LogP contribution in [0.4, 0.5) is 0 Å². The molecule has 0 bridgehead atoms. The minimum absolute atomic E-state index is 0.185. The SMILES string of the molecule is CCOC(=O)C(CC)Sc1nc2[nH]c(=O)[nH]c(=O)c2n1Cc1cccc(Br)c1. The summed E-state index contributed by atoms with van der Waals surface area (Å²) in [4.78, 5) is 45.5. The van der Waals surface area contributed by atoms with Crippen molar-refractivity contribution in [3.63, 3.8) is 0 Å². The number of nitrogens with one attached hydrogen (secondary N) is 2. The molecular formula is C18H19BrN4O4S. The number of ether oxygens (including phenoxy) is 1. The van der Waals surface area contributed by atoms with Crippen LogP contribution in [0.3, 0.4) is 0 Å². The summed E-state index contributed by atoms with van der Waals surface area (Å²) in [6.07, 6.45) is 0.538. The van der Waals surface area contributed by atoms with Gasteiger partial charge in [0.1, 0.15) is 5.25 Å². The van der Waals surface area contributed by atoms with Gasteiger partial charge in [0.25, 0.3) is 5.56 Å². The molecule has 2 aromatic heterocycles. The zero-order valence-corrected chi connectivity index (χ0v) is 17.7. The summed E-state index contributed by atoms with van der Waals surface area (Å²) in [6.45, 7) is 4.27. The van der Waals surface area contributed by atoms with Crippen molar-refractivity contribution < 1.29 is 9.53 Å². The summed E-state index contributed by atoms with van der Waals surface area (Å²) in [6, 6.07) is 7.66. The van der Waals surface area contributed by atoms with E-state index >= 15 is 0 Å². The van der Waals surface area contributed by atoms with E-state index < -0.39 is 16.5 Å². The first-order valence-electron chi connectivity index (χ1n) is 8.73. The number of hydrogen-bond acceptors (Lipinski definition) is 6. The standard InChI is InChI=1S/C18H19BrN4O4S/c1-3-12(16(25)27-4-2)28-18-21-14-13(15(24)22-17(26)20-14)23(18)9-10-6-5-7-11(19)8-10/h5-8,12H,3-4,9H2,1-2H3,(H2,20,22,24,26). The lowest BCUT2D eigenvalue weighted by molar-refractivity contribution is -0.142. The van der Waals surface area contributed by atoms with E-state index in [-0.39, 0.29) is 23.7 Å². The number of halogens is 1. The predicted octanol–water partition coefficient (Wildman–Crippen LogP) is 2.66. The predicted molar refractivity (Wildman–Crippen MR) is 111 cm³/mol. The van der Waals surface area contributed by atoms with E-state index in [4.69, 9.17) is 4.74 Å². The molecule has 1 aromatic carbocycles. The lowest BCUT2D eigenvalue weighted by Gasteiger charge is -2.14. The number of benzene rings is 1.